The number of aryl methyl sites for hydroxylation is 1. The molecule has 2 aromatic rings. The first kappa shape index (κ1) is 13.1. The van der Waals surface area contributed by atoms with Gasteiger partial charge in [-0.3, -0.25) is 9.69 Å². The number of phenolic OH excluding ortho intramolecular Hbond substituents is 1. The summed E-state index contributed by atoms with van der Waals surface area (Å²) in [6.45, 7) is 5.29. The van der Waals surface area contributed by atoms with Gasteiger partial charge in [0.25, 0.3) is 0 Å². The third kappa shape index (κ3) is 2.42. The van der Waals surface area contributed by atoms with Crippen LogP contribution < -0.4 is 5.43 Å². The monoisotopic (exact) mass is 275 g/mol. The van der Waals surface area contributed by atoms with Crippen molar-refractivity contribution in [3.05, 3.63) is 39.7 Å². The van der Waals surface area contributed by atoms with Crippen molar-refractivity contribution in [1.82, 2.24) is 4.90 Å². The maximum Gasteiger partial charge on any atom is 0.192 e. The minimum absolute atomic E-state index is 0.0769. The third-order valence-electron chi connectivity index (χ3n) is 3.58. The van der Waals surface area contributed by atoms with Crippen LogP contribution in [0.25, 0.3) is 11.0 Å². The van der Waals surface area contributed by atoms with Crippen LogP contribution in [0.15, 0.2) is 27.4 Å². The van der Waals surface area contributed by atoms with E-state index in [0.29, 0.717) is 42.1 Å². The zero-order valence-corrected chi connectivity index (χ0v) is 11.4. The average molecular weight is 275 g/mol. The van der Waals surface area contributed by atoms with Crippen LogP contribution in [0, 0.1) is 6.92 Å². The minimum atomic E-state index is -0.0769. The second kappa shape index (κ2) is 5.26. The molecule has 0 atom stereocenters. The zero-order chi connectivity index (χ0) is 14.1. The smallest absolute Gasteiger partial charge is 0.192 e. The Morgan fingerprint density at radius 1 is 1.30 bits per heavy atom. The van der Waals surface area contributed by atoms with Crippen LogP contribution in [0.3, 0.4) is 0 Å². The quantitative estimate of drug-likeness (QED) is 0.902. The van der Waals surface area contributed by atoms with E-state index in [4.69, 9.17) is 9.15 Å². The van der Waals surface area contributed by atoms with Crippen molar-refractivity contribution in [3.8, 4) is 5.75 Å². The van der Waals surface area contributed by atoms with Gasteiger partial charge < -0.3 is 14.3 Å². The van der Waals surface area contributed by atoms with Gasteiger partial charge in [-0.25, -0.2) is 0 Å². The van der Waals surface area contributed by atoms with E-state index in [1.807, 2.05) is 0 Å². The lowest BCUT2D eigenvalue weighted by Crippen LogP contribution is -2.35. The lowest BCUT2D eigenvalue weighted by atomic mass is 10.1. The van der Waals surface area contributed by atoms with E-state index in [1.165, 1.54) is 6.07 Å². The minimum Gasteiger partial charge on any atom is -0.507 e. The van der Waals surface area contributed by atoms with Gasteiger partial charge in [-0.1, -0.05) is 0 Å². The van der Waals surface area contributed by atoms with E-state index in [2.05, 4.69) is 4.90 Å². The summed E-state index contributed by atoms with van der Waals surface area (Å²) in [5.41, 5.74) is 1.08. The molecular formula is C15H17NO4. The van der Waals surface area contributed by atoms with Crippen molar-refractivity contribution in [2.75, 3.05) is 26.3 Å². The van der Waals surface area contributed by atoms with Crippen LogP contribution in [0.1, 0.15) is 11.3 Å². The van der Waals surface area contributed by atoms with Gasteiger partial charge in [0.1, 0.15) is 17.1 Å². The summed E-state index contributed by atoms with van der Waals surface area (Å²) in [5.74, 6) is 0.717. The summed E-state index contributed by atoms with van der Waals surface area (Å²) in [6, 6.07) is 4.64. The summed E-state index contributed by atoms with van der Waals surface area (Å²) in [4.78, 5) is 14.2. The average Bonchev–Trinajstić information content (AvgIpc) is 2.43. The molecule has 1 aromatic heterocycles. The number of hydrogen-bond donors (Lipinski definition) is 1. The molecule has 0 amide bonds. The molecule has 0 saturated carbocycles. The number of fused-ring (bicyclic) bond motifs is 1. The Hall–Kier alpha value is -1.85. The molecule has 20 heavy (non-hydrogen) atoms. The second-order valence-corrected chi connectivity index (χ2v) is 5.05. The van der Waals surface area contributed by atoms with Crippen molar-refractivity contribution in [3.63, 3.8) is 0 Å². The van der Waals surface area contributed by atoms with Crippen molar-refractivity contribution in [1.29, 1.82) is 0 Å². The first-order chi connectivity index (χ1) is 9.65. The highest BCUT2D eigenvalue weighted by Crippen LogP contribution is 2.27. The molecule has 0 aliphatic carbocycles. The Labute approximate surface area is 116 Å². The number of morpholine rings is 1. The fourth-order valence-electron chi connectivity index (χ4n) is 2.52. The first-order valence-corrected chi connectivity index (χ1v) is 6.70. The Morgan fingerprint density at radius 3 is 2.80 bits per heavy atom. The topological polar surface area (TPSA) is 62.9 Å². The van der Waals surface area contributed by atoms with E-state index in [-0.39, 0.29) is 11.2 Å². The lowest BCUT2D eigenvalue weighted by Gasteiger charge is -2.27. The van der Waals surface area contributed by atoms with Crippen LogP contribution in [0.2, 0.25) is 0 Å². The predicted molar refractivity (Wildman–Crippen MR) is 75.0 cm³/mol. The van der Waals surface area contributed by atoms with Gasteiger partial charge in [0.2, 0.25) is 0 Å². The molecule has 3 rings (SSSR count). The van der Waals surface area contributed by atoms with Crippen molar-refractivity contribution < 1.29 is 14.3 Å². The van der Waals surface area contributed by atoms with Gasteiger partial charge in [-0.2, -0.15) is 0 Å². The molecule has 1 aliphatic rings. The zero-order valence-electron chi connectivity index (χ0n) is 11.4. The van der Waals surface area contributed by atoms with E-state index < -0.39 is 0 Å². The van der Waals surface area contributed by atoms with Crippen molar-refractivity contribution in [2.24, 2.45) is 0 Å². The summed E-state index contributed by atoms with van der Waals surface area (Å²) < 4.78 is 11.0. The van der Waals surface area contributed by atoms with Gasteiger partial charge in [0.05, 0.1) is 24.2 Å². The predicted octanol–water partition coefficient (Wildman–Crippen LogP) is 1.64. The normalized spacial score (nSPS) is 16.6. The third-order valence-corrected chi connectivity index (χ3v) is 3.58. The molecule has 1 saturated heterocycles. The molecule has 106 valence electrons. The maximum absolute atomic E-state index is 12.0. The van der Waals surface area contributed by atoms with Gasteiger partial charge >= 0.3 is 0 Å². The van der Waals surface area contributed by atoms with E-state index >= 15 is 0 Å². The SMILES string of the molecule is Cc1cc(=O)c2ccc(O)c(CN3CCOCC3)c2o1. The largest absolute Gasteiger partial charge is 0.507 e. The molecule has 1 N–H and O–H groups in total. The summed E-state index contributed by atoms with van der Waals surface area (Å²) >= 11 is 0. The molecule has 0 spiro atoms. The van der Waals surface area contributed by atoms with E-state index in [1.54, 1.807) is 19.1 Å². The number of benzene rings is 1. The number of aromatic hydroxyl groups is 1. The van der Waals surface area contributed by atoms with Crippen LogP contribution in [0.4, 0.5) is 0 Å². The van der Waals surface area contributed by atoms with Crippen LogP contribution in [-0.2, 0) is 11.3 Å². The molecule has 0 bridgehead atoms. The van der Waals surface area contributed by atoms with Gasteiger partial charge in [0, 0.05) is 25.7 Å². The molecule has 1 aromatic carbocycles. The summed E-state index contributed by atoms with van der Waals surface area (Å²) in [6.07, 6.45) is 0. The van der Waals surface area contributed by atoms with E-state index in [0.717, 1.165) is 13.1 Å². The summed E-state index contributed by atoms with van der Waals surface area (Å²) in [7, 11) is 0. The molecule has 0 radical (unpaired) electrons. The number of hydrogen-bond acceptors (Lipinski definition) is 5. The molecular weight excluding hydrogens is 258 g/mol. The Kier molecular flexibility index (Phi) is 3.46. The van der Waals surface area contributed by atoms with Crippen molar-refractivity contribution >= 4 is 11.0 Å². The second-order valence-electron chi connectivity index (χ2n) is 5.05. The maximum atomic E-state index is 12.0. The Morgan fingerprint density at radius 2 is 2.05 bits per heavy atom. The van der Waals surface area contributed by atoms with E-state index in [9.17, 15) is 9.90 Å². The first-order valence-electron chi connectivity index (χ1n) is 6.70. The highest BCUT2D eigenvalue weighted by atomic mass is 16.5. The molecule has 2 heterocycles. The molecule has 1 fully saturated rings. The number of ether oxygens (including phenoxy) is 1. The molecule has 5 nitrogen and oxygen atoms in total. The van der Waals surface area contributed by atoms with Gasteiger partial charge in [-0.15, -0.1) is 0 Å². The number of rotatable bonds is 2. The van der Waals surface area contributed by atoms with Crippen molar-refractivity contribution in [2.45, 2.75) is 13.5 Å². The number of phenols is 1. The van der Waals surface area contributed by atoms with Crippen LogP contribution >= 0.6 is 0 Å². The van der Waals surface area contributed by atoms with Gasteiger partial charge in [-0.05, 0) is 19.1 Å². The fourth-order valence-corrected chi connectivity index (χ4v) is 2.52. The van der Waals surface area contributed by atoms with Crippen LogP contribution in [0.5, 0.6) is 5.75 Å². The standard InChI is InChI=1S/C15H17NO4/c1-10-8-14(18)11-2-3-13(17)12(15(11)20-10)9-16-4-6-19-7-5-16/h2-3,8,17H,4-7,9H2,1H3. The molecule has 1 aliphatic heterocycles. The Bertz CT molecular complexity index is 686. The highest BCUT2D eigenvalue weighted by molar-refractivity contribution is 5.82. The van der Waals surface area contributed by atoms with Crippen LogP contribution in [-0.4, -0.2) is 36.3 Å². The highest BCUT2D eigenvalue weighted by Gasteiger charge is 2.17. The molecule has 5 heteroatoms. The molecule has 0 unspecified atom stereocenters. The number of nitrogens with zero attached hydrogens (tertiary/aromatic N) is 1. The van der Waals surface area contributed by atoms with Gasteiger partial charge in [0.15, 0.2) is 5.43 Å². The Balaban J connectivity index is 2.08. The fraction of sp³-hybridized carbons (Fsp3) is 0.400. The lowest BCUT2D eigenvalue weighted by molar-refractivity contribution is 0.0339. The summed E-state index contributed by atoms with van der Waals surface area (Å²) in [5, 5.41) is 10.6.